The molecule has 36 heavy (non-hydrogen) atoms. The maximum Gasteiger partial charge on any atom is 0.161 e. The van der Waals surface area contributed by atoms with Crippen LogP contribution in [-0.4, -0.2) is 86.6 Å². The van der Waals surface area contributed by atoms with E-state index in [1.54, 1.807) is 7.11 Å². The summed E-state index contributed by atoms with van der Waals surface area (Å²) < 4.78 is 21.9. The normalized spacial score (nSPS) is 28.1. The smallest absolute Gasteiger partial charge is 0.161 e. The average molecular weight is 506 g/mol. The second-order valence-electron chi connectivity index (χ2n) is 11.1. The fourth-order valence-electron chi connectivity index (χ4n) is 6.65. The molecule has 2 aliphatic carbocycles. The Balaban J connectivity index is 1.46. The minimum atomic E-state index is -0.904. The molecule has 0 amide bonds. The molecule has 1 saturated carbocycles. The molecule has 1 aliphatic heterocycles. The standard InChI is InChI=1S/C29H47NO6/c1-4-5-11-29-12-13-30(21-22-7-6-8-22)25(28(29,2)32)20-23-9-10-24(27(31)26(23)29)36-19-18-35-17-16-34-15-14-33-3/h9-10,22,25,31-32H,4-8,11-21H2,1-3H3/t25?,28-,29+/m1/s1. The molecule has 204 valence electrons. The van der Waals surface area contributed by atoms with Gasteiger partial charge in [-0.1, -0.05) is 32.3 Å². The minimum absolute atomic E-state index is 0.0851. The number of phenols is 1. The number of unbranched alkanes of at least 4 members (excludes halogenated alkanes) is 1. The lowest BCUT2D eigenvalue weighted by atomic mass is 9.53. The molecule has 1 saturated heterocycles. The lowest BCUT2D eigenvalue weighted by molar-refractivity contribution is -0.142. The van der Waals surface area contributed by atoms with Gasteiger partial charge in [-0.25, -0.2) is 0 Å². The maximum atomic E-state index is 12.2. The van der Waals surface area contributed by atoms with Crippen LogP contribution in [0.2, 0.25) is 0 Å². The number of hydrogen-bond donors (Lipinski definition) is 2. The van der Waals surface area contributed by atoms with E-state index in [1.807, 2.05) is 13.0 Å². The third-order valence-electron chi connectivity index (χ3n) is 8.97. The van der Waals surface area contributed by atoms with Crippen molar-refractivity contribution in [3.8, 4) is 11.5 Å². The Labute approximate surface area is 217 Å². The second-order valence-corrected chi connectivity index (χ2v) is 11.1. The predicted octanol–water partition coefficient (Wildman–Crippen LogP) is 4.06. The molecule has 4 rings (SSSR count). The molecule has 0 spiro atoms. The van der Waals surface area contributed by atoms with E-state index in [0.717, 1.165) is 62.2 Å². The number of phenolic OH excluding ortho intramolecular Hbond substituents is 1. The van der Waals surface area contributed by atoms with Gasteiger partial charge in [0.05, 0.1) is 38.6 Å². The predicted molar refractivity (Wildman–Crippen MR) is 140 cm³/mol. The zero-order valence-electron chi connectivity index (χ0n) is 22.6. The van der Waals surface area contributed by atoms with E-state index < -0.39 is 11.0 Å². The van der Waals surface area contributed by atoms with Gasteiger partial charge in [-0.15, -0.1) is 0 Å². The van der Waals surface area contributed by atoms with Crippen molar-refractivity contribution in [2.24, 2.45) is 5.92 Å². The summed E-state index contributed by atoms with van der Waals surface area (Å²) in [4.78, 5) is 2.55. The van der Waals surface area contributed by atoms with Crippen LogP contribution in [0.5, 0.6) is 11.5 Å². The van der Waals surface area contributed by atoms with Crippen LogP contribution in [0.4, 0.5) is 0 Å². The lowest BCUT2D eigenvalue weighted by Gasteiger charge is -2.61. The third kappa shape index (κ3) is 5.56. The molecular weight excluding hydrogens is 458 g/mol. The SMILES string of the molecule is CCCC[C@]12CCN(CC3CCC3)C(Cc3ccc(OCCOCCOCCOC)c(O)c31)[C@@]2(C)O. The molecule has 2 bridgehead atoms. The van der Waals surface area contributed by atoms with Crippen molar-refractivity contribution in [3.05, 3.63) is 23.3 Å². The summed E-state index contributed by atoms with van der Waals surface area (Å²) in [7, 11) is 1.65. The van der Waals surface area contributed by atoms with Gasteiger partial charge >= 0.3 is 0 Å². The third-order valence-corrected chi connectivity index (χ3v) is 8.97. The highest BCUT2D eigenvalue weighted by atomic mass is 16.6. The molecular formula is C29H47NO6. The van der Waals surface area contributed by atoms with E-state index in [-0.39, 0.29) is 11.8 Å². The summed E-state index contributed by atoms with van der Waals surface area (Å²) in [5, 5.41) is 23.7. The fraction of sp³-hybridized carbons (Fsp3) is 0.793. The van der Waals surface area contributed by atoms with Gasteiger partial charge in [0.2, 0.25) is 0 Å². The van der Waals surface area contributed by atoms with Crippen molar-refractivity contribution >= 4 is 0 Å². The van der Waals surface area contributed by atoms with Gasteiger partial charge < -0.3 is 29.2 Å². The number of likely N-dealkylation sites (tertiary alicyclic amines) is 1. The first-order chi connectivity index (χ1) is 17.4. The zero-order chi connectivity index (χ0) is 25.6. The van der Waals surface area contributed by atoms with Crippen LogP contribution in [0.15, 0.2) is 12.1 Å². The van der Waals surface area contributed by atoms with E-state index in [9.17, 15) is 10.2 Å². The number of hydrogen-bond acceptors (Lipinski definition) is 7. The number of ether oxygens (including phenoxy) is 4. The van der Waals surface area contributed by atoms with E-state index in [4.69, 9.17) is 18.9 Å². The molecule has 2 N–H and O–H groups in total. The Kier molecular flexibility index (Phi) is 9.56. The topological polar surface area (TPSA) is 80.6 Å². The highest BCUT2D eigenvalue weighted by Gasteiger charge is 2.61. The number of fused-ring (bicyclic) bond motifs is 4. The molecule has 2 fully saturated rings. The highest BCUT2D eigenvalue weighted by Crippen LogP contribution is 2.58. The first kappa shape index (κ1) is 27.6. The molecule has 7 heteroatoms. The van der Waals surface area contributed by atoms with E-state index in [1.165, 1.54) is 19.3 Å². The van der Waals surface area contributed by atoms with E-state index in [0.29, 0.717) is 45.4 Å². The van der Waals surface area contributed by atoms with Crippen LogP contribution in [-0.2, 0) is 26.0 Å². The molecule has 1 unspecified atom stereocenters. The van der Waals surface area contributed by atoms with Crippen LogP contribution in [0.1, 0.15) is 69.9 Å². The Morgan fingerprint density at radius 1 is 1.06 bits per heavy atom. The first-order valence-electron chi connectivity index (χ1n) is 14.0. The van der Waals surface area contributed by atoms with Crippen LogP contribution >= 0.6 is 0 Å². The molecule has 1 aromatic carbocycles. The van der Waals surface area contributed by atoms with E-state index >= 15 is 0 Å². The van der Waals surface area contributed by atoms with Crippen molar-refractivity contribution in [2.45, 2.75) is 82.3 Å². The van der Waals surface area contributed by atoms with Gasteiger partial charge in [0.25, 0.3) is 0 Å². The number of aliphatic hydroxyl groups is 1. The summed E-state index contributed by atoms with van der Waals surface area (Å²) in [5.74, 6) is 1.46. The van der Waals surface area contributed by atoms with Crippen molar-refractivity contribution in [1.82, 2.24) is 4.90 Å². The van der Waals surface area contributed by atoms with Gasteiger partial charge in [0.1, 0.15) is 6.61 Å². The van der Waals surface area contributed by atoms with Gasteiger partial charge in [0, 0.05) is 30.7 Å². The van der Waals surface area contributed by atoms with Crippen molar-refractivity contribution < 1.29 is 29.2 Å². The summed E-state index contributed by atoms with van der Waals surface area (Å²) in [6.07, 6.45) is 8.56. The number of nitrogens with zero attached hydrogens (tertiary/aromatic N) is 1. The van der Waals surface area contributed by atoms with Gasteiger partial charge in [-0.2, -0.15) is 0 Å². The van der Waals surface area contributed by atoms with Crippen molar-refractivity contribution in [3.63, 3.8) is 0 Å². The van der Waals surface area contributed by atoms with Gasteiger partial charge in [-0.3, -0.25) is 4.90 Å². The van der Waals surface area contributed by atoms with Crippen LogP contribution < -0.4 is 4.74 Å². The molecule has 0 aromatic heterocycles. The summed E-state index contributed by atoms with van der Waals surface area (Å²) in [5.41, 5.74) is 0.719. The van der Waals surface area contributed by atoms with Crippen molar-refractivity contribution in [1.29, 1.82) is 0 Å². The van der Waals surface area contributed by atoms with Crippen LogP contribution in [0, 0.1) is 5.92 Å². The van der Waals surface area contributed by atoms with Crippen molar-refractivity contribution in [2.75, 3.05) is 59.8 Å². The number of methoxy groups -OCH3 is 1. The number of piperidine rings is 1. The molecule has 0 radical (unpaired) electrons. The Hall–Kier alpha value is -1.38. The summed E-state index contributed by atoms with van der Waals surface area (Å²) >= 11 is 0. The van der Waals surface area contributed by atoms with E-state index in [2.05, 4.69) is 17.9 Å². The highest BCUT2D eigenvalue weighted by molar-refractivity contribution is 5.57. The Morgan fingerprint density at radius 2 is 1.78 bits per heavy atom. The maximum absolute atomic E-state index is 12.2. The molecule has 3 aliphatic rings. The molecule has 1 aromatic rings. The van der Waals surface area contributed by atoms with Crippen LogP contribution in [0.3, 0.4) is 0 Å². The van der Waals surface area contributed by atoms with Gasteiger partial charge in [0.15, 0.2) is 11.5 Å². The summed E-state index contributed by atoms with van der Waals surface area (Å²) in [6.45, 7) is 9.19. The number of aromatic hydroxyl groups is 1. The number of benzene rings is 1. The number of rotatable bonds is 15. The Morgan fingerprint density at radius 3 is 2.44 bits per heavy atom. The minimum Gasteiger partial charge on any atom is -0.504 e. The molecule has 3 atom stereocenters. The summed E-state index contributed by atoms with van der Waals surface area (Å²) in [6, 6.07) is 4.09. The average Bonchev–Trinajstić information content (AvgIpc) is 2.82. The lowest BCUT2D eigenvalue weighted by Crippen LogP contribution is -2.70. The Bertz CT molecular complexity index is 841. The second kappa shape index (κ2) is 12.4. The fourth-order valence-corrected chi connectivity index (χ4v) is 6.65. The molecule has 7 nitrogen and oxygen atoms in total. The largest absolute Gasteiger partial charge is 0.504 e. The first-order valence-corrected chi connectivity index (χ1v) is 14.0. The molecule has 1 heterocycles. The quantitative estimate of drug-likeness (QED) is 0.348. The monoisotopic (exact) mass is 505 g/mol. The zero-order valence-corrected chi connectivity index (χ0v) is 22.6. The van der Waals surface area contributed by atoms with Crippen LogP contribution in [0.25, 0.3) is 0 Å². The van der Waals surface area contributed by atoms with Gasteiger partial charge in [-0.05, 0) is 63.1 Å².